The number of piperazine rings is 1. The van der Waals surface area contributed by atoms with Gasteiger partial charge in [0.25, 0.3) is 0 Å². The average molecular weight is 426 g/mol. The zero-order chi connectivity index (χ0) is 22.4. The number of amides is 1. The molecule has 0 unspecified atom stereocenters. The van der Waals surface area contributed by atoms with Crippen LogP contribution >= 0.6 is 0 Å². The molecule has 1 amide bonds. The Morgan fingerprint density at radius 3 is 2.10 bits per heavy atom. The molecule has 0 spiro atoms. The molecule has 0 aromatic heterocycles. The van der Waals surface area contributed by atoms with Crippen molar-refractivity contribution in [1.82, 2.24) is 4.90 Å². The van der Waals surface area contributed by atoms with E-state index in [0.29, 0.717) is 6.42 Å². The van der Waals surface area contributed by atoms with Crippen LogP contribution in [0, 0.1) is 0 Å². The predicted octanol–water partition coefficient (Wildman–Crippen LogP) is 4.05. The van der Waals surface area contributed by atoms with E-state index in [9.17, 15) is 4.79 Å². The summed E-state index contributed by atoms with van der Waals surface area (Å²) in [4.78, 5) is 19.9. The third-order valence-corrected chi connectivity index (χ3v) is 5.69. The van der Waals surface area contributed by atoms with Gasteiger partial charge in [-0.05, 0) is 45.0 Å². The van der Waals surface area contributed by atoms with E-state index in [-0.39, 0.29) is 11.4 Å². The number of methoxy groups -OCH3 is 2. The molecule has 2 aromatic carbocycles. The van der Waals surface area contributed by atoms with Crippen molar-refractivity contribution in [1.29, 1.82) is 0 Å². The lowest BCUT2D eigenvalue weighted by Crippen LogP contribution is -2.49. The maximum Gasteiger partial charge on any atom is 0.228 e. The first-order valence-electron chi connectivity index (χ1n) is 10.9. The van der Waals surface area contributed by atoms with E-state index in [1.54, 1.807) is 14.2 Å². The quantitative estimate of drug-likeness (QED) is 0.670. The molecule has 168 valence electrons. The van der Waals surface area contributed by atoms with Crippen LogP contribution < -0.4 is 19.3 Å². The van der Waals surface area contributed by atoms with Crippen molar-refractivity contribution < 1.29 is 14.3 Å². The number of ether oxygens (including phenoxy) is 2. The highest BCUT2D eigenvalue weighted by atomic mass is 16.5. The van der Waals surface area contributed by atoms with Crippen LogP contribution in [0.3, 0.4) is 0 Å². The molecule has 1 aliphatic heterocycles. The van der Waals surface area contributed by atoms with Crippen molar-refractivity contribution in [3.63, 3.8) is 0 Å². The number of hydrogen-bond acceptors (Lipinski definition) is 5. The zero-order valence-electron chi connectivity index (χ0n) is 19.4. The minimum absolute atomic E-state index is 0.115. The molecule has 0 atom stereocenters. The zero-order valence-corrected chi connectivity index (χ0v) is 19.4. The van der Waals surface area contributed by atoms with Crippen LogP contribution in [0.1, 0.15) is 27.2 Å². The summed E-state index contributed by atoms with van der Waals surface area (Å²) in [6.45, 7) is 10.6. The number of anilines is 2. The summed E-state index contributed by atoms with van der Waals surface area (Å²) in [5.41, 5.74) is 1.62. The van der Waals surface area contributed by atoms with Crippen molar-refractivity contribution in [3.05, 3.63) is 48.5 Å². The van der Waals surface area contributed by atoms with Gasteiger partial charge in [0, 0.05) is 44.7 Å². The number of nitrogens with zero attached hydrogens (tertiary/aromatic N) is 3. The lowest BCUT2D eigenvalue weighted by molar-refractivity contribution is -0.119. The Balaban J connectivity index is 1.61. The first kappa shape index (κ1) is 22.9. The number of rotatable bonds is 7. The second kappa shape index (κ2) is 10.1. The van der Waals surface area contributed by atoms with Gasteiger partial charge in [0.15, 0.2) is 0 Å². The van der Waals surface area contributed by atoms with Crippen LogP contribution in [-0.2, 0) is 4.79 Å². The van der Waals surface area contributed by atoms with E-state index >= 15 is 0 Å². The summed E-state index contributed by atoms with van der Waals surface area (Å²) in [5.74, 6) is 1.74. The van der Waals surface area contributed by atoms with Gasteiger partial charge in [0.2, 0.25) is 5.91 Å². The van der Waals surface area contributed by atoms with E-state index in [1.807, 2.05) is 47.4 Å². The third kappa shape index (κ3) is 5.50. The summed E-state index contributed by atoms with van der Waals surface area (Å²) in [6, 6.07) is 15.9. The van der Waals surface area contributed by atoms with E-state index in [4.69, 9.17) is 9.47 Å². The highest BCUT2D eigenvalue weighted by Crippen LogP contribution is 2.33. The fourth-order valence-corrected chi connectivity index (χ4v) is 4.15. The lowest BCUT2D eigenvalue weighted by atomic mass is 10.0. The molecule has 1 heterocycles. The SMILES string of the molecule is COc1ccccc1N1CCN(CCC(=O)N(c2ccccc2OC)C(C)(C)C)CC1. The van der Waals surface area contributed by atoms with Gasteiger partial charge in [-0.15, -0.1) is 0 Å². The summed E-state index contributed by atoms with van der Waals surface area (Å²) < 4.78 is 11.0. The average Bonchev–Trinajstić information content (AvgIpc) is 2.77. The maximum absolute atomic E-state index is 13.3. The van der Waals surface area contributed by atoms with E-state index in [1.165, 1.54) is 0 Å². The number of carbonyl (C=O) groups excluding carboxylic acids is 1. The second-order valence-electron chi connectivity index (χ2n) is 8.82. The summed E-state index contributed by atoms with van der Waals surface area (Å²) >= 11 is 0. The molecule has 3 rings (SSSR count). The Hall–Kier alpha value is -2.73. The van der Waals surface area contributed by atoms with Gasteiger partial charge in [0.1, 0.15) is 11.5 Å². The van der Waals surface area contributed by atoms with Gasteiger partial charge < -0.3 is 19.3 Å². The molecule has 6 heteroatoms. The molecule has 0 bridgehead atoms. The minimum Gasteiger partial charge on any atom is -0.495 e. The topological polar surface area (TPSA) is 45.2 Å². The monoisotopic (exact) mass is 425 g/mol. The van der Waals surface area contributed by atoms with E-state index < -0.39 is 0 Å². The molecule has 1 fully saturated rings. The van der Waals surface area contributed by atoms with Gasteiger partial charge in [-0.1, -0.05) is 24.3 Å². The standard InChI is InChI=1S/C25H35N3O3/c1-25(2,3)28(21-11-7-9-13-23(21)31-5)24(29)14-15-26-16-18-27(19-17-26)20-10-6-8-12-22(20)30-4/h6-13H,14-19H2,1-5H3. The Morgan fingerprint density at radius 2 is 1.48 bits per heavy atom. The molecular weight excluding hydrogens is 390 g/mol. The third-order valence-electron chi connectivity index (χ3n) is 5.69. The van der Waals surface area contributed by atoms with Crippen LogP contribution in [0.5, 0.6) is 11.5 Å². The first-order valence-corrected chi connectivity index (χ1v) is 10.9. The molecule has 0 aliphatic carbocycles. The van der Waals surface area contributed by atoms with E-state index in [0.717, 1.165) is 55.6 Å². The van der Waals surface area contributed by atoms with Gasteiger partial charge in [-0.25, -0.2) is 0 Å². The smallest absolute Gasteiger partial charge is 0.228 e. The van der Waals surface area contributed by atoms with Gasteiger partial charge in [-0.2, -0.15) is 0 Å². The Labute approximate surface area is 186 Å². The van der Waals surface area contributed by atoms with Crippen molar-refractivity contribution in [3.8, 4) is 11.5 Å². The summed E-state index contributed by atoms with van der Waals surface area (Å²) in [6.07, 6.45) is 0.476. The highest BCUT2D eigenvalue weighted by molar-refractivity contribution is 5.96. The first-order chi connectivity index (χ1) is 14.8. The van der Waals surface area contributed by atoms with Crippen LogP contribution in [0.15, 0.2) is 48.5 Å². The largest absolute Gasteiger partial charge is 0.495 e. The minimum atomic E-state index is -0.339. The van der Waals surface area contributed by atoms with E-state index in [2.05, 4.69) is 36.6 Å². The molecule has 0 N–H and O–H groups in total. The number of benzene rings is 2. The molecule has 0 saturated carbocycles. The summed E-state index contributed by atoms with van der Waals surface area (Å²) in [5, 5.41) is 0. The molecule has 1 aliphatic rings. The van der Waals surface area contributed by atoms with Crippen molar-refractivity contribution in [2.45, 2.75) is 32.7 Å². The Kier molecular flexibility index (Phi) is 7.44. The van der Waals surface area contributed by atoms with Crippen LogP contribution in [-0.4, -0.2) is 63.3 Å². The molecule has 6 nitrogen and oxygen atoms in total. The van der Waals surface area contributed by atoms with Gasteiger partial charge in [-0.3, -0.25) is 9.69 Å². The van der Waals surface area contributed by atoms with Crippen LogP contribution in [0.25, 0.3) is 0 Å². The number of carbonyl (C=O) groups is 1. The van der Waals surface area contributed by atoms with Crippen LogP contribution in [0.2, 0.25) is 0 Å². The lowest BCUT2D eigenvalue weighted by Gasteiger charge is -2.38. The molecule has 0 radical (unpaired) electrons. The molecule has 31 heavy (non-hydrogen) atoms. The van der Waals surface area contributed by atoms with Crippen molar-refractivity contribution >= 4 is 17.3 Å². The normalized spacial score (nSPS) is 14.9. The fourth-order valence-electron chi connectivity index (χ4n) is 4.15. The highest BCUT2D eigenvalue weighted by Gasteiger charge is 2.30. The maximum atomic E-state index is 13.3. The Morgan fingerprint density at radius 1 is 0.903 bits per heavy atom. The second-order valence-corrected chi connectivity index (χ2v) is 8.82. The number of para-hydroxylation sites is 4. The van der Waals surface area contributed by atoms with Crippen molar-refractivity contribution in [2.24, 2.45) is 0 Å². The predicted molar refractivity (Wildman–Crippen MR) is 126 cm³/mol. The fraction of sp³-hybridized carbons (Fsp3) is 0.480. The number of hydrogen-bond donors (Lipinski definition) is 0. The Bertz CT molecular complexity index is 870. The van der Waals surface area contributed by atoms with Crippen LogP contribution in [0.4, 0.5) is 11.4 Å². The molecule has 2 aromatic rings. The summed E-state index contributed by atoms with van der Waals surface area (Å²) in [7, 11) is 3.36. The molecule has 1 saturated heterocycles. The van der Waals surface area contributed by atoms with Crippen molar-refractivity contribution in [2.75, 3.05) is 56.7 Å². The molecular formula is C25H35N3O3. The van der Waals surface area contributed by atoms with Gasteiger partial charge in [0.05, 0.1) is 25.6 Å². The van der Waals surface area contributed by atoms with Gasteiger partial charge >= 0.3 is 0 Å².